The van der Waals surface area contributed by atoms with Crippen molar-refractivity contribution in [2.45, 2.75) is 38.6 Å². The monoisotopic (exact) mass is 346 g/mol. The number of nitrogens with zero attached hydrogens (tertiary/aromatic N) is 1. The normalized spacial score (nSPS) is 13.9. The molecule has 0 aliphatic rings. The fraction of sp³-hybridized carbons (Fsp3) is 0.389. The van der Waals surface area contributed by atoms with Crippen LogP contribution in [0.1, 0.15) is 37.4 Å². The van der Waals surface area contributed by atoms with E-state index in [-0.39, 0.29) is 0 Å². The molecule has 1 aromatic heterocycles. The highest BCUT2D eigenvalue weighted by Gasteiger charge is 2.19. The first-order chi connectivity index (χ1) is 10.2. The minimum Gasteiger partial charge on any atom is -0.313 e. The Morgan fingerprint density at radius 2 is 1.90 bits per heavy atom. The number of halogens is 1. The Morgan fingerprint density at radius 1 is 1.14 bits per heavy atom. The Labute approximate surface area is 136 Å². The molecule has 0 saturated carbocycles. The summed E-state index contributed by atoms with van der Waals surface area (Å²) >= 11 is 3.44. The van der Waals surface area contributed by atoms with E-state index in [4.69, 9.17) is 0 Å². The van der Waals surface area contributed by atoms with Gasteiger partial charge in [0.1, 0.15) is 0 Å². The Hall–Kier alpha value is -1.19. The second kappa shape index (κ2) is 8.30. The van der Waals surface area contributed by atoms with E-state index in [9.17, 15) is 0 Å². The molecule has 1 aromatic carbocycles. The van der Waals surface area contributed by atoms with Crippen LogP contribution in [0.3, 0.4) is 0 Å². The maximum Gasteiger partial charge on any atom is 0.0420 e. The van der Waals surface area contributed by atoms with Gasteiger partial charge in [-0.25, -0.2) is 0 Å². The van der Waals surface area contributed by atoms with Crippen LogP contribution in [0.4, 0.5) is 0 Å². The van der Waals surface area contributed by atoms with E-state index in [0.29, 0.717) is 12.0 Å². The molecule has 2 aromatic rings. The lowest BCUT2D eigenvalue weighted by Crippen LogP contribution is -2.36. The van der Waals surface area contributed by atoms with Gasteiger partial charge >= 0.3 is 0 Å². The van der Waals surface area contributed by atoms with Crippen molar-refractivity contribution in [2.24, 2.45) is 0 Å². The van der Waals surface area contributed by atoms with E-state index in [2.05, 4.69) is 82.5 Å². The molecule has 2 nitrogen and oxygen atoms in total. The summed E-state index contributed by atoms with van der Waals surface area (Å²) < 4.78 is 1.03. The number of aromatic nitrogens is 1. The maximum absolute atomic E-state index is 4.52. The van der Waals surface area contributed by atoms with Crippen LogP contribution in [0.15, 0.2) is 53.1 Å². The van der Waals surface area contributed by atoms with Crippen molar-refractivity contribution in [3.05, 3.63) is 64.4 Å². The predicted octanol–water partition coefficient (Wildman–Crippen LogP) is 4.56. The SMILES string of the molecule is CCCNC(Cc1ccc(Br)cn1)C(C)c1ccccc1. The summed E-state index contributed by atoms with van der Waals surface area (Å²) in [7, 11) is 0. The maximum atomic E-state index is 4.52. The minimum atomic E-state index is 0.404. The lowest BCUT2D eigenvalue weighted by Gasteiger charge is -2.25. The zero-order valence-corrected chi connectivity index (χ0v) is 14.3. The molecule has 2 unspecified atom stereocenters. The molecule has 0 spiro atoms. The van der Waals surface area contributed by atoms with Gasteiger partial charge in [-0.1, -0.05) is 44.2 Å². The first kappa shape index (κ1) is 16.2. The molecule has 2 atom stereocenters. The third kappa shape index (κ3) is 4.94. The quantitative estimate of drug-likeness (QED) is 0.794. The molecule has 112 valence electrons. The van der Waals surface area contributed by atoms with Crippen molar-refractivity contribution in [3.63, 3.8) is 0 Å². The van der Waals surface area contributed by atoms with Gasteiger partial charge in [0.25, 0.3) is 0 Å². The van der Waals surface area contributed by atoms with Crippen LogP contribution < -0.4 is 5.32 Å². The molecule has 1 heterocycles. The average Bonchev–Trinajstić information content (AvgIpc) is 2.53. The molecule has 21 heavy (non-hydrogen) atoms. The van der Waals surface area contributed by atoms with Gasteiger partial charge < -0.3 is 5.32 Å². The molecule has 0 aliphatic carbocycles. The van der Waals surface area contributed by atoms with Crippen molar-refractivity contribution >= 4 is 15.9 Å². The van der Waals surface area contributed by atoms with Crippen LogP contribution in [-0.4, -0.2) is 17.6 Å². The third-order valence-electron chi connectivity index (χ3n) is 3.80. The summed E-state index contributed by atoms with van der Waals surface area (Å²) in [5.74, 6) is 0.461. The van der Waals surface area contributed by atoms with Gasteiger partial charge in [0.05, 0.1) is 0 Å². The Bertz CT molecular complexity index is 525. The Balaban J connectivity index is 2.11. The molecule has 1 N–H and O–H groups in total. The van der Waals surface area contributed by atoms with E-state index in [1.54, 1.807) is 0 Å². The largest absolute Gasteiger partial charge is 0.313 e. The Kier molecular flexibility index (Phi) is 6.40. The smallest absolute Gasteiger partial charge is 0.0420 e. The van der Waals surface area contributed by atoms with Crippen LogP contribution in [0, 0.1) is 0 Å². The van der Waals surface area contributed by atoms with Crippen LogP contribution in [0.5, 0.6) is 0 Å². The van der Waals surface area contributed by atoms with Crippen LogP contribution in [0.2, 0.25) is 0 Å². The van der Waals surface area contributed by atoms with Gasteiger partial charge in [-0.2, -0.15) is 0 Å². The minimum absolute atomic E-state index is 0.404. The third-order valence-corrected chi connectivity index (χ3v) is 4.27. The fourth-order valence-corrected chi connectivity index (χ4v) is 2.73. The molecule has 0 aliphatic heterocycles. The fourth-order valence-electron chi connectivity index (χ4n) is 2.50. The summed E-state index contributed by atoms with van der Waals surface area (Å²) in [6.45, 7) is 5.54. The molecule has 2 rings (SSSR count). The predicted molar refractivity (Wildman–Crippen MR) is 92.6 cm³/mol. The van der Waals surface area contributed by atoms with E-state index >= 15 is 0 Å². The first-order valence-corrected chi connectivity index (χ1v) is 8.38. The standard InChI is InChI=1S/C18H23BrN2/c1-3-11-20-18(12-17-10-9-16(19)13-21-17)14(2)15-7-5-4-6-8-15/h4-10,13-14,18,20H,3,11-12H2,1-2H3. The molecular formula is C18H23BrN2. The zero-order chi connectivity index (χ0) is 15.1. The van der Waals surface area contributed by atoms with Gasteiger partial charge in [0.2, 0.25) is 0 Å². The number of hydrogen-bond donors (Lipinski definition) is 1. The van der Waals surface area contributed by atoms with Gasteiger partial charge in [-0.3, -0.25) is 4.98 Å². The second-order valence-corrected chi connectivity index (χ2v) is 6.35. The first-order valence-electron chi connectivity index (χ1n) is 7.59. The van der Waals surface area contributed by atoms with E-state index in [1.807, 2.05) is 6.20 Å². The molecule has 3 heteroatoms. The highest BCUT2D eigenvalue weighted by molar-refractivity contribution is 9.10. The Morgan fingerprint density at radius 3 is 2.52 bits per heavy atom. The van der Waals surface area contributed by atoms with Gasteiger partial charge in [-0.15, -0.1) is 0 Å². The summed E-state index contributed by atoms with van der Waals surface area (Å²) in [6.07, 6.45) is 3.97. The van der Waals surface area contributed by atoms with Crippen molar-refractivity contribution in [3.8, 4) is 0 Å². The molecular weight excluding hydrogens is 324 g/mol. The number of rotatable bonds is 7. The van der Waals surface area contributed by atoms with Gasteiger partial charge in [0.15, 0.2) is 0 Å². The molecule has 0 saturated heterocycles. The lowest BCUT2D eigenvalue weighted by molar-refractivity contribution is 0.443. The van der Waals surface area contributed by atoms with E-state index < -0.39 is 0 Å². The van der Waals surface area contributed by atoms with Crippen molar-refractivity contribution in [1.82, 2.24) is 10.3 Å². The topological polar surface area (TPSA) is 24.9 Å². The number of pyridine rings is 1. The van der Waals surface area contributed by atoms with E-state index in [0.717, 1.165) is 29.6 Å². The van der Waals surface area contributed by atoms with Crippen LogP contribution in [0.25, 0.3) is 0 Å². The van der Waals surface area contributed by atoms with Crippen LogP contribution >= 0.6 is 15.9 Å². The van der Waals surface area contributed by atoms with Crippen molar-refractivity contribution < 1.29 is 0 Å². The number of hydrogen-bond acceptors (Lipinski definition) is 2. The molecule has 0 fully saturated rings. The van der Waals surface area contributed by atoms with Crippen LogP contribution in [-0.2, 0) is 6.42 Å². The molecule has 0 bridgehead atoms. The van der Waals surface area contributed by atoms with Gasteiger partial charge in [0, 0.05) is 28.8 Å². The highest BCUT2D eigenvalue weighted by atomic mass is 79.9. The molecule has 0 radical (unpaired) electrons. The number of nitrogens with one attached hydrogen (secondary N) is 1. The second-order valence-electron chi connectivity index (χ2n) is 5.43. The lowest BCUT2D eigenvalue weighted by atomic mass is 9.90. The summed E-state index contributed by atoms with van der Waals surface area (Å²) in [5.41, 5.74) is 2.51. The van der Waals surface area contributed by atoms with E-state index in [1.165, 1.54) is 5.56 Å². The number of benzene rings is 1. The van der Waals surface area contributed by atoms with Gasteiger partial charge in [-0.05, 0) is 52.5 Å². The summed E-state index contributed by atoms with van der Waals surface area (Å²) in [5, 5.41) is 3.68. The highest BCUT2D eigenvalue weighted by Crippen LogP contribution is 2.21. The molecule has 0 amide bonds. The zero-order valence-electron chi connectivity index (χ0n) is 12.7. The summed E-state index contributed by atoms with van der Waals surface area (Å²) in [4.78, 5) is 4.52. The van der Waals surface area contributed by atoms with Crippen molar-refractivity contribution in [2.75, 3.05) is 6.54 Å². The summed E-state index contributed by atoms with van der Waals surface area (Å²) in [6, 6.07) is 15.3. The van der Waals surface area contributed by atoms with Crippen molar-refractivity contribution in [1.29, 1.82) is 0 Å². The average molecular weight is 347 g/mol.